The summed E-state index contributed by atoms with van der Waals surface area (Å²) in [6.07, 6.45) is 0. The first-order valence-corrected chi connectivity index (χ1v) is 12.0. The Morgan fingerprint density at radius 2 is 1.87 bits per heavy atom. The van der Waals surface area contributed by atoms with Gasteiger partial charge in [0.05, 0.1) is 24.5 Å². The molecule has 2 aromatic carbocycles. The standard InChI is InChI=1S/C23H25BrN4O2S/c1-2-30-21-6-4-3-5-20(21)28-13-11-27(12-14-28)15-22(29)26-23-25-19(16-31-23)17-7-9-18(24)10-8-17/h3-10,16H,2,11-15H2,1H3,(H,25,26,29). The smallest absolute Gasteiger partial charge is 0.240 e. The molecule has 1 fully saturated rings. The number of carbonyl (C=O) groups is 1. The number of rotatable bonds is 7. The summed E-state index contributed by atoms with van der Waals surface area (Å²) in [6.45, 7) is 6.40. The van der Waals surface area contributed by atoms with Gasteiger partial charge in [0.2, 0.25) is 5.91 Å². The van der Waals surface area contributed by atoms with Crippen LogP contribution in [-0.2, 0) is 4.79 Å². The van der Waals surface area contributed by atoms with E-state index in [4.69, 9.17) is 4.74 Å². The van der Waals surface area contributed by atoms with Crippen LogP contribution in [0.5, 0.6) is 5.75 Å². The molecule has 0 spiro atoms. The highest BCUT2D eigenvalue weighted by Gasteiger charge is 2.21. The molecule has 1 saturated heterocycles. The fourth-order valence-corrected chi connectivity index (χ4v) is 4.59. The monoisotopic (exact) mass is 500 g/mol. The van der Waals surface area contributed by atoms with Gasteiger partial charge < -0.3 is 15.0 Å². The lowest BCUT2D eigenvalue weighted by molar-refractivity contribution is -0.117. The maximum atomic E-state index is 12.5. The molecule has 1 N–H and O–H groups in total. The maximum Gasteiger partial charge on any atom is 0.240 e. The number of nitrogens with zero attached hydrogens (tertiary/aromatic N) is 3. The molecule has 31 heavy (non-hydrogen) atoms. The van der Waals surface area contributed by atoms with E-state index < -0.39 is 0 Å². The number of amides is 1. The highest BCUT2D eigenvalue weighted by molar-refractivity contribution is 9.10. The third-order valence-electron chi connectivity index (χ3n) is 5.14. The molecular weight excluding hydrogens is 476 g/mol. The van der Waals surface area contributed by atoms with Crippen molar-refractivity contribution >= 4 is 44.0 Å². The molecule has 4 rings (SSSR count). The fourth-order valence-electron chi connectivity index (χ4n) is 3.59. The number of ether oxygens (including phenoxy) is 1. The number of anilines is 2. The molecule has 0 aliphatic carbocycles. The highest BCUT2D eigenvalue weighted by atomic mass is 79.9. The van der Waals surface area contributed by atoms with E-state index in [0.29, 0.717) is 18.3 Å². The van der Waals surface area contributed by atoms with Gasteiger partial charge in [-0.25, -0.2) is 4.98 Å². The summed E-state index contributed by atoms with van der Waals surface area (Å²) in [5.74, 6) is 0.890. The molecule has 162 valence electrons. The number of carbonyl (C=O) groups excluding carboxylic acids is 1. The van der Waals surface area contributed by atoms with Crippen LogP contribution >= 0.6 is 27.3 Å². The topological polar surface area (TPSA) is 57.7 Å². The van der Waals surface area contributed by atoms with Crippen molar-refractivity contribution in [3.63, 3.8) is 0 Å². The maximum absolute atomic E-state index is 12.5. The van der Waals surface area contributed by atoms with Gasteiger partial charge in [0.25, 0.3) is 0 Å². The minimum Gasteiger partial charge on any atom is -0.492 e. The number of halogens is 1. The number of thiazole rings is 1. The summed E-state index contributed by atoms with van der Waals surface area (Å²) in [5.41, 5.74) is 3.02. The molecule has 6 nitrogen and oxygen atoms in total. The SMILES string of the molecule is CCOc1ccccc1N1CCN(CC(=O)Nc2nc(-c3ccc(Br)cc3)cs2)CC1. The molecule has 0 bridgehead atoms. The first-order chi connectivity index (χ1) is 15.1. The normalized spacial score (nSPS) is 14.5. The number of benzene rings is 2. The van der Waals surface area contributed by atoms with Gasteiger partial charge in [-0.15, -0.1) is 11.3 Å². The number of aromatic nitrogens is 1. The van der Waals surface area contributed by atoms with Crippen molar-refractivity contribution in [3.8, 4) is 17.0 Å². The second-order valence-electron chi connectivity index (χ2n) is 7.26. The predicted octanol–water partition coefficient (Wildman–Crippen LogP) is 4.73. The van der Waals surface area contributed by atoms with Crippen molar-refractivity contribution in [2.45, 2.75) is 6.92 Å². The van der Waals surface area contributed by atoms with Gasteiger partial charge in [-0.05, 0) is 31.2 Å². The van der Waals surface area contributed by atoms with Gasteiger partial charge in [-0.2, -0.15) is 0 Å². The van der Waals surface area contributed by atoms with Crippen LogP contribution in [0.25, 0.3) is 11.3 Å². The van der Waals surface area contributed by atoms with Crippen molar-refractivity contribution in [1.82, 2.24) is 9.88 Å². The van der Waals surface area contributed by atoms with E-state index in [1.54, 1.807) is 0 Å². The van der Waals surface area contributed by atoms with Crippen LogP contribution in [0, 0.1) is 0 Å². The molecule has 1 aromatic heterocycles. The minimum absolute atomic E-state index is 0.0279. The van der Waals surface area contributed by atoms with Gasteiger partial charge in [0.15, 0.2) is 5.13 Å². The zero-order chi connectivity index (χ0) is 21.6. The zero-order valence-corrected chi connectivity index (χ0v) is 19.8. The van der Waals surface area contributed by atoms with E-state index in [1.807, 2.05) is 54.8 Å². The van der Waals surface area contributed by atoms with E-state index in [1.165, 1.54) is 11.3 Å². The predicted molar refractivity (Wildman–Crippen MR) is 130 cm³/mol. The third kappa shape index (κ3) is 5.64. The van der Waals surface area contributed by atoms with Crippen LogP contribution in [0.4, 0.5) is 10.8 Å². The molecule has 3 aromatic rings. The largest absolute Gasteiger partial charge is 0.492 e. The van der Waals surface area contributed by atoms with Crippen molar-refractivity contribution in [3.05, 3.63) is 58.4 Å². The quantitative estimate of drug-likeness (QED) is 0.507. The molecule has 2 heterocycles. The lowest BCUT2D eigenvalue weighted by Gasteiger charge is -2.36. The van der Waals surface area contributed by atoms with Crippen LogP contribution in [0.1, 0.15) is 6.92 Å². The van der Waals surface area contributed by atoms with E-state index in [9.17, 15) is 4.79 Å². The number of hydrogen-bond donors (Lipinski definition) is 1. The first kappa shape index (κ1) is 21.8. The summed E-state index contributed by atoms with van der Waals surface area (Å²) in [4.78, 5) is 21.6. The van der Waals surface area contributed by atoms with Gasteiger partial charge in [-0.3, -0.25) is 9.69 Å². The lowest BCUT2D eigenvalue weighted by atomic mass is 10.2. The Balaban J connectivity index is 1.28. The Hall–Kier alpha value is -2.42. The highest BCUT2D eigenvalue weighted by Crippen LogP contribution is 2.29. The van der Waals surface area contributed by atoms with E-state index in [-0.39, 0.29) is 5.91 Å². The average molecular weight is 501 g/mol. The summed E-state index contributed by atoms with van der Waals surface area (Å²) in [5, 5.41) is 5.54. The number of piperazine rings is 1. The Bertz CT molecular complexity index is 1020. The Morgan fingerprint density at radius 3 is 2.61 bits per heavy atom. The lowest BCUT2D eigenvalue weighted by Crippen LogP contribution is -2.48. The van der Waals surface area contributed by atoms with Gasteiger partial charge in [0, 0.05) is 41.6 Å². The molecule has 0 unspecified atom stereocenters. The second-order valence-corrected chi connectivity index (χ2v) is 9.03. The van der Waals surface area contributed by atoms with E-state index in [0.717, 1.165) is 53.3 Å². The van der Waals surface area contributed by atoms with E-state index in [2.05, 4.69) is 42.1 Å². The van der Waals surface area contributed by atoms with Crippen LogP contribution in [0.3, 0.4) is 0 Å². The second kappa shape index (κ2) is 10.3. The summed E-state index contributed by atoms with van der Waals surface area (Å²) in [6, 6.07) is 16.1. The van der Waals surface area contributed by atoms with Crippen LogP contribution in [0.15, 0.2) is 58.4 Å². The van der Waals surface area contributed by atoms with Crippen LogP contribution in [-0.4, -0.2) is 55.1 Å². The molecule has 0 saturated carbocycles. The van der Waals surface area contributed by atoms with E-state index >= 15 is 0 Å². The van der Waals surface area contributed by atoms with Crippen molar-refractivity contribution in [2.75, 3.05) is 49.5 Å². The molecule has 0 radical (unpaired) electrons. The molecule has 1 amide bonds. The zero-order valence-electron chi connectivity index (χ0n) is 17.4. The molecule has 0 atom stereocenters. The van der Waals surface area contributed by atoms with Crippen LogP contribution < -0.4 is 15.0 Å². The fraction of sp³-hybridized carbons (Fsp3) is 0.304. The Labute approximate surface area is 195 Å². The van der Waals surface area contributed by atoms with Crippen molar-refractivity contribution in [2.24, 2.45) is 0 Å². The number of nitrogens with one attached hydrogen (secondary N) is 1. The molecule has 8 heteroatoms. The Morgan fingerprint density at radius 1 is 1.13 bits per heavy atom. The summed E-state index contributed by atoms with van der Waals surface area (Å²) >= 11 is 4.89. The van der Waals surface area contributed by atoms with Gasteiger partial charge in [0.1, 0.15) is 5.75 Å². The minimum atomic E-state index is -0.0279. The number of para-hydroxylation sites is 2. The third-order valence-corrected chi connectivity index (χ3v) is 6.42. The summed E-state index contributed by atoms with van der Waals surface area (Å²) in [7, 11) is 0. The molecule has 1 aliphatic rings. The van der Waals surface area contributed by atoms with Gasteiger partial charge >= 0.3 is 0 Å². The van der Waals surface area contributed by atoms with Crippen molar-refractivity contribution < 1.29 is 9.53 Å². The van der Waals surface area contributed by atoms with Gasteiger partial charge in [-0.1, -0.05) is 40.2 Å². The molecular formula is C23H25BrN4O2S. The average Bonchev–Trinajstić information content (AvgIpc) is 3.24. The number of hydrogen-bond acceptors (Lipinski definition) is 6. The molecule has 1 aliphatic heterocycles. The van der Waals surface area contributed by atoms with Crippen LogP contribution in [0.2, 0.25) is 0 Å². The Kier molecular flexibility index (Phi) is 7.21. The summed E-state index contributed by atoms with van der Waals surface area (Å²) < 4.78 is 6.79. The van der Waals surface area contributed by atoms with Crippen molar-refractivity contribution in [1.29, 1.82) is 0 Å². The first-order valence-electron chi connectivity index (χ1n) is 10.3.